The summed E-state index contributed by atoms with van der Waals surface area (Å²) in [6.45, 7) is 5.70. The van der Waals surface area contributed by atoms with E-state index in [1.54, 1.807) is 0 Å². The number of rotatable bonds is 6. The van der Waals surface area contributed by atoms with Crippen molar-refractivity contribution in [1.82, 2.24) is 0 Å². The summed E-state index contributed by atoms with van der Waals surface area (Å²) in [4.78, 5) is 11.4. The smallest absolute Gasteiger partial charge is 0.333 e. The summed E-state index contributed by atoms with van der Waals surface area (Å²) in [6, 6.07) is 15.3. The van der Waals surface area contributed by atoms with E-state index in [0.717, 1.165) is 16.7 Å². The zero-order valence-corrected chi connectivity index (χ0v) is 16.0. The molecule has 0 saturated carbocycles. The minimum absolute atomic E-state index is 0.0277. The molecule has 0 amide bonds. The highest BCUT2D eigenvalue weighted by atomic mass is 35.5. The van der Waals surface area contributed by atoms with Crippen LogP contribution in [0.2, 0.25) is 5.02 Å². The molecule has 0 aliphatic rings. The van der Waals surface area contributed by atoms with Crippen LogP contribution in [-0.4, -0.2) is 23.3 Å². The number of halogens is 1. The van der Waals surface area contributed by atoms with E-state index >= 15 is 0 Å². The molecule has 2 unspecified atom stereocenters. The normalized spacial score (nSPS) is 13.0. The van der Waals surface area contributed by atoms with E-state index < -0.39 is 12.1 Å². The van der Waals surface area contributed by atoms with Gasteiger partial charge in [0, 0.05) is 22.9 Å². The number of benzene rings is 2. The first-order chi connectivity index (χ1) is 12.3. The third-order valence-corrected chi connectivity index (χ3v) is 4.11. The van der Waals surface area contributed by atoms with Crippen molar-refractivity contribution in [3.8, 4) is 11.8 Å². The molecule has 0 heterocycles. The van der Waals surface area contributed by atoms with Crippen molar-refractivity contribution in [2.24, 2.45) is 0 Å². The van der Waals surface area contributed by atoms with E-state index in [1.807, 2.05) is 69.3 Å². The first-order valence-electron chi connectivity index (χ1n) is 8.59. The Bertz CT molecular complexity index is 800. The van der Waals surface area contributed by atoms with Gasteiger partial charge in [0.25, 0.3) is 0 Å². The number of carbonyl (C=O) groups is 1. The molecule has 1 N–H and O–H groups in total. The first kappa shape index (κ1) is 20.0. The number of carboxylic acids is 1. The van der Waals surface area contributed by atoms with E-state index in [1.165, 1.54) is 0 Å². The summed E-state index contributed by atoms with van der Waals surface area (Å²) in [5.41, 5.74) is 2.89. The predicted octanol–water partition coefficient (Wildman–Crippen LogP) is 4.92. The maximum absolute atomic E-state index is 11.4. The molecule has 0 saturated heterocycles. The molecular weight excluding hydrogens is 348 g/mol. The average molecular weight is 371 g/mol. The fourth-order valence-electron chi connectivity index (χ4n) is 2.53. The van der Waals surface area contributed by atoms with Gasteiger partial charge in [-0.2, -0.15) is 0 Å². The van der Waals surface area contributed by atoms with Crippen LogP contribution in [0.5, 0.6) is 0 Å². The highest BCUT2D eigenvalue weighted by Gasteiger charge is 2.20. The minimum atomic E-state index is -0.945. The maximum atomic E-state index is 11.4. The number of hydrogen-bond donors (Lipinski definition) is 1. The van der Waals surface area contributed by atoms with Crippen LogP contribution in [0, 0.1) is 11.8 Å². The summed E-state index contributed by atoms with van der Waals surface area (Å²) >= 11 is 5.88. The van der Waals surface area contributed by atoms with Crippen LogP contribution in [0.15, 0.2) is 48.5 Å². The molecule has 2 atom stereocenters. The molecule has 0 aliphatic heterocycles. The Morgan fingerprint density at radius 1 is 1.15 bits per heavy atom. The van der Waals surface area contributed by atoms with Crippen LogP contribution in [0.4, 0.5) is 0 Å². The Morgan fingerprint density at radius 3 is 2.46 bits per heavy atom. The van der Waals surface area contributed by atoms with E-state index in [0.29, 0.717) is 11.4 Å². The molecule has 4 heteroatoms. The van der Waals surface area contributed by atoms with Gasteiger partial charge >= 0.3 is 5.97 Å². The summed E-state index contributed by atoms with van der Waals surface area (Å²) in [5.74, 6) is 5.46. The molecule has 0 radical (unpaired) electrons. The third-order valence-electron chi connectivity index (χ3n) is 3.86. The van der Waals surface area contributed by atoms with E-state index in [9.17, 15) is 9.90 Å². The highest BCUT2D eigenvalue weighted by Crippen LogP contribution is 2.18. The van der Waals surface area contributed by atoms with Crippen molar-refractivity contribution in [2.75, 3.05) is 0 Å². The summed E-state index contributed by atoms with van der Waals surface area (Å²) < 4.78 is 5.49. The number of hydrogen-bond acceptors (Lipinski definition) is 2. The van der Waals surface area contributed by atoms with Gasteiger partial charge in [-0.05, 0) is 56.2 Å². The van der Waals surface area contributed by atoms with Gasteiger partial charge < -0.3 is 9.84 Å². The van der Waals surface area contributed by atoms with Gasteiger partial charge in [-0.25, -0.2) is 4.79 Å². The fourth-order valence-corrected chi connectivity index (χ4v) is 2.66. The molecule has 2 aromatic carbocycles. The lowest BCUT2D eigenvalue weighted by atomic mass is 9.97. The van der Waals surface area contributed by atoms with Crippen LogP contribution in [-0.2, 0) is 16.0 Å². The van der Waals surface area contributed by atoms with Crippen LogP contribution in [0.1, 0.15) is 43.4 Å². The molecule has 0 aromatic heterocycles. The van der Waals surface area contributed by atoms with Crippen molar-refractivity contribution in [3.63, 3.8) is 0 Å². The summed E-state index contributed by atoms with van der Waals surface area (Å²) in [7, 11) is 0. The molecule has 2 rings (SSSR count). The topological polar surface area (TPSA) is 46.5 Å². The molecule has 0 spiro atoms. The minimum Gasteiger partial charge on any atom is -0.479 e. The van der Waals surface area contributed by atoms with Gasteiger partial charge in [-0.15, -0.1) is 0 Å². The van der Waals surface area contributed by atoms with Crippen molar-refractivity contribution in [3.05, 3.63) is 70.2 Å². The van der Waals surface area contributed by atoms with Gasteiger partial charge in [0.2, 0.25) is 0 Å². The van der Waals surface area contributed by atoms with E-state index in [2.05, 4.69) is 11.8 Å². The van der Waals surface area contributed by atoms with Crippen LogP contribution in [0.25, 0.3) is 0 Å². The van der Waals surface area contributed by atoms with E-state index in [-0.39, 0.29) is 12.0 Å². The Balaban J connectivity index is 2.12. The fraction of sp³-hybridized carbons (Fsp3) is 0.318. The number of aliphatic carboxylic acids is 1. The van der Waals surface area contributed by atoms with Gasteiger partial charge in [-0.3, -0.25) is 0 Å². The van der Waals surface area contributed by atoms with Crippen LogP contribution >= 0.6 is 11.6 Å². The zero-order chi connectivity index (χ0) is 19.1. The monoisotopic (exact) mass is 370 g/mol. The maximum Gasteiger partial charge on any atom is 0.333 e. The molecule has 3 nitrogen and oxygen atoms in total. The second-order valence-electron chi connectivity index (χ2n) is 6.46. The standard InChI is InChI=1S/C22H23ClO3/c1-15(2)26-21(22(24)25)14-18-5-4-6-19(13-18)16(3)7-8-17-9-11-20(23)12-10-17/h4-6,9-13,15-16,21H,14H2,1-3H3,(H,24,25). The average Bonchev–Trinajstić information content (AvgIpc) is 2.60. The van der Waals surface area contributed by atoms with Gasteiger partial charge in [0.15, 0.2) is 6.10 Å². The van der Waals surface area contributed by atoms with Crippen molar-refractivity contribution < 1.29 is 14.6 Å². The molecule has 0 bridgehead atoms. The molecule has 136 valence electrons. The summed E-state index contributed by atoms with van der Waals surface area (Å²) in [6.07, 6.45) is -0.650. The van der Waals surface area contributed by atoms with Gasteiger partial charge in [-0.1, -0.05) is 47.7 Å². The predicted molar refractivity (Wildman–Crippen MR) is 105 cm³/mol. The van der Waals surface area contributed by atoms with Crippen molar-refractivity contribution in [2.45, 2.75) is 45.3 Å². The lowest BCUT2D eigenvalue weighted by molar-refractivity contribution is -0.153. The molecule has 0 fully saturated rings. The van der Waals surface area contributed by atoms with Gasteiger partial charge in [0.05, 0.1) is 6.10 Å². The second-order valence-corrected chi connectivity index (χ2v) is 6.90. The van der Waals surface area contributed by atoms with Crippen molar-refractivity contribution >= 4 is 17.6 Å². The Hall–Kier alpha value is -2.28. The Labute approximate surface area is 160 Å². The third kappa shape index (κ3) is 6.22. The largest absolute Gasteiger partial charge is 0.479 e. The summed E-state index contributed by atoms with van der Waals surface area (Å²) in [5, 5.41) is 10.0. The molecule has 26 heavy (non-hydrogen) atoms. The second kappa shape index (κ2) is 9.43. The number of carboxylic acid groups (broad SMARTS) is 1. The van der Waals surface area contributed by atoms with Gasteiger partial charge in [0.1, 0.15) is 0 Å². The molecular formula is C22H23ClO3. The quantitative estimate of drug-likeness (QED) is 0.734. The lowest BCUT2D eigenvalue weighted by Crippen LogP contribution is -2.29. The van der Waals surface area contributed by atoms with Crippen LogP contribution in [0.3, 0.4) is 0 Å². The van der Waals surface area contributed by atoms with Crippen LogP contribution < -0.4 is 0 Å². The zero-order valence-electron chi connectivity index (χ0n) is 15.2. The molecule has 2 aromatic rings. The highest BCUT2D eigenvalue weighted by molar-refractivity contribution is 6.30. The Morgan fingerprint density at radius 2 is 1.85 bits per heavy atom. The Kier molecular flexibility index (Phi) is 7.26. The SMILES string of the molecule is CC(C)OC(Cc1cccc(C(C)C#Cc2ccc(Cl)cc2)c1)C(=O)O. The van der Waals surface area contributed by atoms with E-state index in [4.69, 9.17) is 16.3 Å². The first-order valence-corrected chi connectivity index (χ1v) is 8.97. The molecule has 0 aliphatic carbocycles. The van der Waals surface area contributed by atoms with Crippen molar-refractivity contribution in [1.29, 1.82) is 0 Å². The number of ether oxygens (including phenoxy) is 1. The lowest BCUT2D eigenvalue weighted by Gasteiger charge is -2.17.